The third kappa shape index (κ3) is 2.47. The van der Waals surface area contributed by atoms with Gasteiger partial charge in [-0.25, -0.2) is 9.97 Å². The maximum absolute atomic E-state index is 12.2. The average Bonchev–Trinajstić information content (AvgIpc) is 2.62. The number of hydrogen-bond acceptors (Lipinski definition) is 5. The lowest BCUT2D eigenvalue weighted by Crippen LogP contribution is -2.48. The van der Waals surface area contributed by atoms with Gasteiger partial charge in [-0.2, -0.15) is 0 Å². The lowest BCUT2D eigenvalue weighted by Gasteiger charge is -2.44. The van der Waals surface area contributed by atoms with Crippen LogP contribution in [0, 0.1) is 12.8 Å². The highest BCUT2D eigenvalue weighted by Gasteiger charge is 2.36. The molecule has 0 amide bonds. The van der Waals surface area contributed by atoms with Gasteiger partial charge in [-0.05, 0) is 38.3 Å². The van der Waals surface area contributed by atoms with Gasteiger partial charge in [0.1, 0.15) is 11.6 Å². The molecule has 0 aliphatic carbocycles. The molecule has 6 heteroatoms. The number of piperidine rings is 1. The minimum absolute atomic E-state index is 0.141. The quantitative estimate of drug-likeness (QED) is 0.848. The molecule has 5 heterocycles. The standard InChI is InChI=1S/C19H23N5O/c1-12-21-16-8-20-6-5-15(16)19(22-12)23-9-13-7-14(11-23)17-3-2-4-18(25)24(17)10-13/h2-4,13-14,20H,5-11H2,1H3/t13-,14+/m1/s1. The molecular formula is C19H23N5O. The highest BCUT2D eigenvalue weighted by molar-refractivity contribution is 5.51. The molecule has 25 heavy (non-hydrogen) atoms. The van der Waals surface area contributed by atoms with Crippen LogP contribution in [-0.2, 0) is 19.5 Å². The summed E-state index contributed by atoms with van der Waals surface area (Å²) in [6, 6.07) is 5.70. The Morgan fingerprint density at radius 1 is 1.20 bits per heavy atom. The van der Waals surface area contributed by atoms with Crippen molar-refractivity contribution in [2.45, 2.75) is 38.8 Å². The number of fused-ring (bicyclic) bond motifs is 5. The second-order valence-electron chi connectivity index (χ2n) is 7.55. The number of anilines is 1. The summed E-state index contributed by atoms with van der Waals surface area (Å²) in [5, 5.41) is 3.41. The Labute approximate surface area is 146 Å². The summed E-state index contributed by atoms with van der Waals surface area (Å²) in [7, 11) is 0. The summed E-state index contributed by atoms with van der Waals surface area (Å²) in [6.45, 7) is 6.56. The fraction of sp³-hybridized carbons (Fsp3) is 0.526. The van der Waals surface area contributed by atoms with E-state index in [0.29, 0.717) is 11.8 Å². The number of aromatic nitrogens is 3. The van der Waals surface area contributed by atoms with Crippen molar-refractivity contribution in [2.24, 2.45) is 5.92 Å². The van der Waals surface area contributed by atoms with E-state index in [1.54, 1.807) is 6.07 Å². The number of rotatable bonds is 1. The van der Waals surface area contributed by atoms with E-state index in [-0.39, 0.29) is 5.56 Å². The van der Waals surface area contributed by atoms with E-state index >= 15 is 0 Å². The number of pyridine rings is 1. The van der Waals surface area contributed by atoms with Crippen LogP contribution in [0.3, 0.4) is 0 Å². The zero-order chi connectivity index (χ0) is 17.0. The van der Waals surface area contributed by atoms with Crippen LogP contribution in [0.5, 0.6) is 0 Å². The topological polar surface area (TPSA) is 63.1 Å². The molecule has 0 saturated carbocycles. The Morgan fingerprint density at radius 2 is 2.12 bits per heavy atom. The zero-order valence-corrected chi connectivity index (χ0v) is 14.5. The predicted molar refractivity (Wildman–Crippen MR) is 95.9 cm³/mol. The molecule has 1 fully saturated rings. The lowest BCUT2D eigenvalue weighted by molar-refractivity contribution is 0.280. The summed E-state index contributed by atoms with van der Waals surface area (Å²) in [4.78, 5) is 24.1. The highest BCUT2D eigenvalue weighted by atomic mass is 16.1. The molecule has 5 rings (SSSR count). The molecule has 0 aromatic carbocycles. The molecule has 2 aromatic rings. The number of nitrogens with one attached hydrogen (secondary N) is 1. The maximum Gasteiger partial charge on any atom is 0.250 e. The van der Waals surface area contributed by atoms with Crippen LogP contribution in [0.15, 0.2) is 23.0 Å². The molecule has 0 unspecified atom stereocenters. The first-order chi connectivity index (χ1) is 12.2. The van der Waals surface area contributed by atoms with Gasteiger partial charge in [0.25, 0.3) is 5.56 Å². The fourth-order valence-corrected chi connectivity index (χ4v) is 4.79. The van der Waals surface area contributed by atoms with E-state index in [1.807, 2.05) is 17.6 Å². The molecule has 2 atom stereocenters. The van der Waals surface area contributed by atoms with E-state index in [4.69, 9.17) is 4.98 Å². The van der Waals surface area contributed by atoms with Gasteiger partial charge >= 0.3 is 0 Å². The third-order valence-corrected chi connectivity index (χ3v) is 5.81. The van der Waals surface area contributed by atoms with E-state index in [9.17, 15) is 4.79 Å². The van der Waals surface area contributed by atoms with Crippen molar-refractivity contribution in [1.82, 2.24) is 19.9 Å². The van der Waals surface area contributed by atoms with Crippen LogP contribution >= 0.6 is 0 Å². The summed E-state index contributed by atoms with van der Waals surface area (Å²) < 4.78 is 1.99. The minimum atomic E-state index is 0.141. The molecule has 2 aromatic heterocycles. The highest BCUT2D eigenvalue weighted by Crippen LogP contribution is 2.37. The van der Waals surface area contributed by atoms with Crippen LogP contribution in [0.2, 0.25) is 0 Å². The summed E-state index contributed by atoms with van der Waals surface area (Å²) in [5.74, 6) is 2.91. The SMILES string of the molecule is Cc1nc2c(c(N3C[C@H]4C[C@@H](C3)c3cccc(=O)n3C4)n1)CCNC2. The van der Waals surface area contributed by atoms with Crippen LogP contribution in [-0.4, -0.2) is 34.2 Å². The molecular weight excluding hydrogens is 314 g/mol. The second-order valence-corrected chi connectivity index (χ2v) is 7.55. The van der Waals surface area contributed by atoms with Crippen molar-refractivity contribution >= 4 is 5.82 Å². The molecule has 130 valence electrons. The Hall–Kier alpha value is -2.21. The molecule has 0 radical (unpaired) electrons. The van der Waals surface area contributed by atoms with Gasteiger partial charge in [0.2, 0.25) is 0 Å². The first kappa shape index (κ1) is 15.1. The summed E-state index contributed by atoms with van der Waals surface area (Å²) in [6.07, 6.45) is 2.17. The fourth-order valence-electron chi connectivity index (χ4n) is 4.79. The van der Waals surface area contributed by atoms with Crippen molar-refractivity contribution in [1.29, 1.82) is 0 Å². The number of aryl methyl sites for hydroxylation is 1. The van der Waals surface area contributed by atoms with E-state index < -0.39 is 0 Å². The molecule has 1 saturated heterocycles. The predicted octanol–water partition coefficient (Wildman–Crippen LogP) is 1.22. The van der Waals surface area contributed by atoms with E-state index in [2.05, 4.69) is 21.3 Å². The monoisotopic (exact) mass is 337 g/mol. The van der Waals surface area contributed by atoms with Gasteiger partial charge < -0.3 is 14.8 Å². The van der Waals surface area contributed by atoms with Crippen molar-refractivity contribution < 1.29 is 0 Å². The Morgan fingerprint density at radius 3 is 3.04 bits per heavy atom. The first-order valence-corrected chi connectivity index (χ1v) is 9.21. The maximum atomic E-state index is 12.2. The zero-order valence-electron chi connectivity index (χ0n) is 14.5. The van der Waals surface area contributed by atoms with Gasteiger partial charge in [0.05, 0.1) is 5.69 Å². The Balaban J connectivity index is 1.54. The Kier molecular flexibility index (Phi) is 3.41. The molecule has 2 bridgehead atoms. The average molecular weight is 337 g/mol. The normalized spacial score (nSPS) is 24.6. The number of hydrogen-bond donors (Lipinski definition) is 1. The van der Waals surface area contributed by atoms with Gasteiger partial charge in [-0.3, -0.25) is 4.79 Å². The molecule has 3 aliphatic rings. The van der Waals surface area contributed by atoms with E-state index in [1.165, 1.54) is 17.7 Å². The lowest BCUT2D eigenvalue weighted by atomic mass is 9.83. The third-order valence-electron chi connectivity index (χ3n) is 5.81. The van der Waals surface area contributed by atoms with Crippen molar-refractivity contribution in [3.05, 3.63) is 51.3 Å². The largest absolute Gasteiger partial charge is 0.355 e. The van der Waals surface area contributed by atoms with Gasteiger partial charge in [0, 0.05) is 49.4 Å². The van der Waals surface area contributed by atoms with Gasteiger partial charge in [-0.1, -0.05) is 6.07 Å². The van der Waals surface area contributed by atoms with Crippen LogP contribution < -0.4 is 15.8 Å². The van der Waals surface area contributed by atoms with Crippen molar-refractivity contribution in [3.63, 3.8) is 0 Å². The van der Waals surface area contributed by atoms with Gasteiger partial charge in [0.15, 0.2) is 0 Å². The molecule has 1 N–H and O–H groups in total. The first-order valence-electron chi connectivity index (χ1n) is 9.21. The second kappa shape index (κ2) is 5.66. The summed E-state index contributed by atoms with van der Waals surface area (Å²) in [5.41, 5.74) is 3.80. The smallest absolute Gasteiger partial charge is 0.250 e. The van der Waals surface area contributed by atoms with Crippen LogP contribution in [0.4, 0.5) is 5.82 Å². The van der Waals surface area contributed by atoms with Crippen molar-refractivity contribution in [3.8, 4) is 0 Å². The molecule has 0 spiro atoms. The van der Waals surface area contributed by atoms with Crippen molar-refractivity contribution in [2.75, 3.05) is 24.5 Å². The van der Waals surface area contributed by atoms with Crippen LogP contribution in [0.25, 0.3) is 0 Å². The van der Waals surface area contributed by atoms with Crippen LogP contribution in [0.1, 0.15) is 35.1 Å². The molecule has 6 nitrogen and oxygen atoms in total. The molecule has 3 aliphatic heterocycles. The van der Waals surface area contributed by atoms with Gasteiger partial charge in [-0.15, -0.1) is 0 Å². The number of nitrogens with zero attached hydrogens (tertiary/aromatic N) is 4. The Bertz CT molecular complexity index is 890. The van der Waals surface area contributed by atoms with E-state index in [0.717, 1.165) is 56.5 Å². The summed E-state index contributed by atoms with van der Waals surface area (Å²) >= 11 is 0. The minimum Gasteiger partial charge on any atom is -0.355 e.